The smallest absolute Gasteiger partial charge is 0.306 e. The monoisotopic (exact) mass is 1080 g/mol. The third-order valence-corrected chi connectivity index (χ3v) is 15.6. The van der Waals surface area contributed by atoms with Crippen molar-refractivity contribution in [2.45, 2.75) is 386 Å². The molecule has 0 amide bonds. The van der Waals surface area contributed by atoms with Gasteiger partial charge in [0.2, 0.25) is 0 Å². The molecule has 0 N–H and O–H groups in total. The molecule has 1 unspecified atom stereocenters. The van der Waals surface area contributed by atoms with Gasteiger partial charge in [0.05, 0.1) is 0 Å². The van der Waals surface area contributed by atoms with Crippen LogP contribution in [0.3, 0.4) is 0 Å². The van der Waals surface area contributed by atoms with E-state index in [9.17, 15) is 14.4 Å². The third kappa shape index (κ3) is 64.3. The van der Waals surface area contributed by atoms with Gasteiger partial charge in [-0.2, -0.15) is 0 Å². The normalized spacial score (nSPS) is 12.2. The molecule has 0 spiro atoms. The summed E-state index contributed by atoms with van der Waals surface area (Å²) >= 11 is 0. The average Bonchev–Trinajstić information content (AvgIpc) is 3.43. The van der Waals surface area contributed by atoms with Gasteiger partial charge in [0, 0.05) is 19.3 Å². The van der Waals surface area contributed by atoms with Crippen LogP contribution in [0.15, 0.2) is 36.5 Å². The van der Waals surface area contributed by atoms with Gasteiger partial charge < -0.3 is 14.2 Å². The van der Waals surface area contributed by atoms with Crippen LogP contribution in [0.1, 0.15) is 380 Å². The van der Waals surface area contributed by atoms with E-state index in [0.29, 0.717) is 19.3 Å². The Morgan fingerprint density at radius 2 is 0.468 bits per heavy atom. The first-order chi connectivity index (χ1) is 38.0. The number of carbonyl (C=O) groups is 3. The minimum absolute atomic E-state index is 0.0654. The number of hydrogen-bond donors (Lipinski definition) is 0. The van der Waals surface area contributed by atoms with Crippen molar-refractivity contribution in [3.63, 3.8) is 0 Å². The Kier molecular flexibility index (Phi) is 64.1. The summed E-state index contributed by atoms with van der Waals surface area (Å²) in [5, 5.41) is 0. The van der Waals surface area contributed by atoms with Crippen LogP contribution in [-0.2, 0) is 28.6 Å². The maximum atomic E-state index is 12.9. The first-order valence-electron chi connectivity index (χ1n) is 34.5. The first kappa shape index (κ1) is 74.6. The molecule has 0 heterocycles. The lowest BCUT2D eigenvalue weighted by molar-refractivity contribution is -0.167. The molecule has 6 nitrogen and oxygen atoms in total. The highest BCUT2D eigenvalue weighted by Gasteiger charge is 2.19. The summed E-state index contributed by atoms with van der Waals surface area (Å²) in [6.07, 6.45) is 82.0. The van der Waals surface area contributed by atoms with Crippen molar-refractivity contribution < 1.29 is 28.6 Å². The molecular formula is C71H132O6. The lowest BCUT2D eigenvalue weighted by atomic mass is 10.0. The van der Waals surface area contributed by atoms with Crippen LogP contribution in [0.5, 0.6) is 0 Å². The Balaban J connectivity index is 3.98. The number of hydrogen-bond acceptors (Lipinski definition) is 6. The van der Waals surface area contributed by atoms with Crippen molar-refractivity contribution in [1.29, 1.82) is 0 Å². The predicted molar refractivity (Wildman–Crippen MR) is 335 cm³/mol. The quantitative estimate of drug-likeness (QED) is 0.0261. The molecule has 0 aliphatic carbocycles. The summed E-state index contributed by atoms with van der Waals surface area (Å²) in [5.41, 5.74) is 0. The molecule has 1 atom stereocenters. The van der Waals surface area contributed by atoms with Gasteiger partial charge in [0.1, 0.15) is 13.2 Å². The number of rotatable bonds is 64. The molecule has 0 saturated carbocycles. The van der Waals surface area contributed by atoms with Crippen LogP contribution in [0, 0.1) is 0 Å². The highest BCUT2D eigenvalue weighted by Crippen LogP contribution is 2.18. The van der Waals surface area contributed by atoms with Crippen LogP contribution < -0.4 is 0 Å². The van der Waals surface area contributed by atoms with E-state index in [-0.39, 0.29) is 31.1 Å². The van der Waals surface area contributed by atoms with Gasteiger partial charge >= 0.3 is 17.9 Å². The average molecular weight is 1080 g/mol. The van der Waals surface area contributed by atoms with E-state index < -0.39 is 6.10 Å². The van der Waals surface area contributed by atoms with Gasteiger partial charge in [0.15, 0.2) is 6.10 Å². The number of unbranched alkanes of at least 4 members (excludes halogenated alkanes) is 47. The zero-order chi connectivity index (χ0) is 55.7. The van der Waals surface area contributed by atoms with Crippen molar-refractivity contribution in [2.75, 3.05) is 13.2 Å². The van der Waals surface area contributed by atoms with Gasteiger partial charge in [-0.3, -0.25) is 14.4 Å². The molecule has 0 radical (unpaired) electrons. The van der Waals surface area contributed by atoms with E-state index in [1.54, 1.807) is 0 Å². The lowest BCUT2D eigenvalue weighted by Crippen LogP contribution is -2.30. The minimum Gasteiger partial charge on any atom is -0.462 e. The molecule has 0 saturated heterocycles. The van der Waals surface area contributed by atoms with E-state index >= 15 is 0 Å². The van der Waals surface area contributed by atoms with Crippen LogP contribution in [0.25, 0.3) is 0 Å². The summed E-state index contributed by atoms with van der Waals surface area (Å²) in [6, 6.07) is 0. The summed E-state index contributed by atoms with van der Waals surface area (Å²) in [5.74, 6) is -0.846. The number of allylic oxidation sites excluding steroid dienone is 6. The van der Waals surface area contributed by atoms with Gasteiger partial charge in [-0.1, -0.05) is 340 Å². The number of esters is 3. The SMILES string of the molecule is CCCCCCC/C=C\C/C=C\C/C=C\CCCCCCCCCCCCCCCCCCCCC(=O)OCC(COC(=O)CCCCCCCCC)OC(=O)CCCCCCCCCCCCCCCCCCCCC. The zero-order valence-corrected chi connectivity index (χ0v) is 52.0. The Hall–Kier alpha value is -2.37. The van der Waals surface area contributed by atoms with Gasteiger partial charge in [-0.05, 0) is 57.8 Å². The summed E-state index contributed by atoms with van der Waals surface area (Å²) < 4.78 is 16.9. The molecule has 77 heavy (non-hydrogen) atoms. The van der Waals surface area contributed by atoms with Crippen LogP contribution in [-0.4, -0.2) is 37.2 Å². The summed E-state index contributed by atoms with van der Waals surface area (Å²) in [4.78, 5) is 38.1. The molecule has 0 bridgehead atoms. The van der Waals surface area contributed by atoms with E-state index in [1.165, 1.54) is 270 Å². The zero-order valence-electron chi connectivity index (χ0n) is 52.0. The molecule has 0 aromatic carbocycles. The maximum Gasteiger partial charge on any atom is 0.306 e. The molecule has 0 aromatic heterocycles. The van der Waals surface area contributed by atoms with Crippen LogP contribution in [0.4, 0.5) is 0 Å². The lowest BCUT2D eigenvalue weighted by Gasteiger charge is -2.18. The Bertz CT molecular complexity index is 1290. The van der Waals surface area contributed by atoms with Crippen molar-refractivity contribution in [3.8, 4) is 0 Å². The fourth-order valence-corrected chi connectivity index (χ4v) is 10.5. The Labute approximate surface area is 480 Å². The van der Waals surface area contributed by atoms with E-state index in [1.807, 2.05) is 0 Å². The van der Waals surface area contributed by atoms with E-state index in [0.717, 1.165) is 70.6 Å². The highest BCUT2D eigenvalue weighted by atomic mass is 16.6. The minimum atomic E-state index is -0.765. The second-order valence-corrected chi connectivity index (χ2v) is 23.5. The second-order valence-electron chi connectivity index (χ2n) is 23.5. The summed E-state index contributed by atoms with van der Waals surface area (Å²) in [7, 11) is 0. The van der Waals surface area contributed by atoms with Crippen molar-refractivity contribution in [3.05, 3.63) is 36.5 Å². The molecule has 0 aliphatic heterocycles. The van der Waals surface area contributed by atoms with Gasteiger partial charge in [0.25, 0.3) is 0 Å². The predicted octanol–water partition coefficient (Wildman–Crippen LogP) is 23.6. The standard InChI is InChI=1S/C71H132O6/c1-4-7-10-13-16-18-20-22-24-26-28-29-30-31-32-33-34-35-36-37-38-39-40-41-43-44-46-48-50-52-55-58-61-64-70(73)76-67-68(66-75-69(72)63-60-57-54-15-12-9-6-3)77-71(74)65-62-59-56-53-51-49-47-45-42-27-25-23-21-19-17-14-11-8-5-2/h20,22,26,28,30-31,68H,4-19,21,23-25,27,29,32-67H2,1-3H3/b22-20-,28-26-,31-30-. The van der Waals surface area contributed by atoms with Crippen LogP contribution in [0.2, 0.25) is 0 Å². The maximum absolute atomic E-state index is 12.9. The van der Waals surface area contributed by atoms with Gasteiger partial charge in [-0.15, -0.1) is 0 Å². The fourth-order valence-electron chi connectivity index (χ4n) is 10.5. The van der Waals surface area contributed by atoms with Gasteiger partial charge in [-0.25, -0.2) is 0 Å². The molecule has 0 fully saturated rings. The molecule has 0 aliphatic rings. The van der Waals surface area contributed by atoms with E-state index in [2.05, 4.69) is 57.2 Å². The molecular weight excluding hydrogens is 949 g/mol. The molecule has 0 rings (SSSR count). The van der Waals surface area contributed by atoms with E-state index in [4.69, 9.17) is 14.2 Å². The highest BCUT2D eigenvalue weighted by molar-refractivity contribution is 5.71. The van der Waals surface area contributed by atoms with Crippen molar-refractivity contribution in [2.24, 2.45) is 0 Å². The second kappa shape index (κ2) is 66.1. The third-order valence-electron chi connectivity index (χ3n) is 15.6. The topological polar surface area (TPSA) is 78.9 Å². The Morgan fingerprint density at radius 1 is 0.260 bits per heavy atom. The fraction of sp³-hybridized carbons (Fsp3) is 0.873. The Morgan fingerprint density at radius 3 is 0.727 bits per heavy atom. The largest absolute Gasteiger partial charge is 0.462 e. The van der Waals surface area contributed by atoms with Crippen LogP contribution >= 0.6 is 0 Å². The molecule has 452 valence electrons. The number of carbonyl (C=O) groups excluding carboxylic acids is 3. The van der Waals surface area contributed by atoms with Crippen molar-refractivity contribution >= 4 is 17.9 Å². The molecule has 6 heteroatoms. The number of ether oxygens (including phenoxy) is 3. The molecule has 0 aromatic rings. The summed E-state index contributed by atoms with van der Waals surface area (Å²) in [6.45, 7) is 6.65. The van der Waals surface area contributed by atoms with Crippen molar-refractivity contribution in [1.82, 2.24) is 0 Å². The first-order valence-corrected chi connectivity index (χ1v) is 34.5.